The molecular weight excluding hydrogens is 334 g/mol. The fraction of sp³-hybridized carbons (Fsp3) is 0.211. The number of benzene rings is 1. The minimum absolute atomic E-state index is 0.0829. The second kappa shape index (κ2) is 7.44. The average Bonchev–Trinajstić information content (AvgIpc) is 3.01. The van der Waals surface area contributed by atoms with E-state index in [0.29, 0.717) is 10.6 Å². The van der Waals surface area contributed by atoms with Gasteiger partial charge < -0.3 is 10.6 Å². The molecule has 1 aromatic carbocycles. The van der Waals surface area contributed by atoms with Crippen LogP contribution < -0.4 is 10.6 Å². The smallest absolute Gasteiger partial charge is 0.261 e. The van der Waals surface area contributed by atoms with E-state index in [1.54, 1.807) is 12.3 Å². The maximum atomic E-state index is 12.2. The van der Waals surface area contributed by atoms with E-state index in [9.17, 15) is 9.59 Å². The molecular formula is C19H19N3O2S. The first-order chi connectivity index (χ1) is 12.1. The van der Waals surface area contributed by atoms with Crippen molar-refractivity contribution in [2.75, 3.05) is 11.9 Å². The highest BCUT2D eigenvalue weighted by molar-refractivity contribution is 7.14. The summed E-state index contributed by atoms with van der Waals surface area (Å²) in [5, 5.41) is 6.43. The summed E-state index contributed by atoms with van der Waals surface area (Å²) >= 11 is 1.47. The average molecular weight is 353 g/mol. The van der Waals surface area contributed by atoms with Crippen molar-refractivity contribution in [3.63, 3.8) is 0 Å². The van der Waals surface area contributed by atoms with Gasteiger partial charge in [-0.3, -0.25) is 14.6 Å². The van der Waals surface area contributed by atoms with Crippen molar-refractivity contribution >= 4 is 39.7 Å². The maximum absolute atomic E-state index is 12.2. The van der Waals surface area contributed by atoms with Gasteiger partial charge in [-0.15, -0.1) is 11.3 Å². The first kappa shape index (κ1) is 17.1. The third-order valence-electron chi connectivity index (χ3n) is 3.88. The van der Waals surface area contributed by atoms with Crippen LogP contribution in [0.25, 0.3) is 10.9 Å². The number of aromatic nitrogens is 1. The molecule has 0 spiro atoms. The normalized spacial score (nSPS) is 10.6. The predicted molar refractivity (Wildman–Crippen MR) is 101 cm³/mol. The van der Waals surface area contributed by atoms with Crippen molar-refractivity contribution in [2.24, 2.45) is 0 Å². The first-order valence-electron chi connectivity index (χ1n) is 8.09. The summed E-state index contributed by atoms with van der Waals surface area (Å²) in [6.45, 7) is 3.97. The standard InChI is InChI=1S/C19H19N3O2S/c1-3-15-12(2)10-16(25-15)19(24)21-11-17(23)22-14-8-4-6-13-7-5-9-20-18(13)14/h4-10H,3,11H2,1-2H3,(H,21,24)(H,22,23). The van der Waals surface area contributed by atoms with Gasteiger partial charge in [-0.2, -0.15) is 0 Å². The number of para-hydroxylation sites is 1. The molecule has 6 heteroatoms. The van der Waals surface area contributed by atoms with Gasteiger partial charge >= 0.3 is 0 Å². The number of hydrogen-bond donors (Lipinski definition) is 2. The number of anilines is 1. The molecule has 2 aromatic heterocycles. The number of carbonyl (C=O) groups excluding carboxylic acids is 2. The zero-order valence-electron chi connectivity index (χ0n) is 14.1. The molecule has 3 rings (SSSR count). The van der Waals surface area contributed by atoms with Crippen LogP contribution >= 0.6 is 11.3 Å². The molecule has 0 atom stereocenters. The van der Waals surface area contributed by atoms with Crippen LogP contribution in [0.2, 0.25) is 0 Å². The van der Waals surface area contributed by atoms with Crippen LogP contribution in [0, 0.1) is 6.92 Å². The molecule has 0 aliphatic carbocycles. The van der Waals surface area contributed by atoms with Crippen LogP contribution in [-0.2, 0) is 11.2 Å². The molecule has 2 amide bonds. The third kappa shape index (κ3) is 3.85. The van der Waals surface area contributed by atoms with E-state index in [2.05, 4.69) is 22.5 Å². The molecule has 2 N–H and O–H groups in total. The van der Waals surface area contributed by atoms with Crippen molar-refractivity contribution in [3.8, 4) is 0 Å². The molecule has 0 saturated carbocycles. The fourth-order valence-electron chi connectivity index (χ4n) is 2.63. The van der Waals surface area contributed by atoms with Gasteiger partial charge in [0.1, 0.15) is 0 Å². The molecule has 0 saturated heterocycles. The Morgan fingerprint density at radius 1 is 1.20 bits per heavy atom. The summed E-state index contributed by atoms with van der Waals surface area (Å²) in [5.41, 5.74) is 2.48. The monoisotopic (exact) mass is 353 g/mol. The van der Waals surface area contributed by atoms with Crippen LogP contribution in [0.5, 0.6) is 0 Å². The maximum Gasteiger partial charge on any atom is 0.261 e. The Balaban J connectivity index is 1.63. The highest BCUT2D eigenvalue weighted by atomic mass is 32.1. The minimum atomic E-state index is -0.282. The van der Waals surface area contributed by atoms with Gasteiger partial charge in [0.2, 0.25) is 5.91 Å². The quantitative estimate of drug-likeness (QED) is 0.737. The number of thiophene rings is 1. The highest BCUT2D eigenvalue weighted by Crippen LogP contribution is 2.22. The summed E-state index contributed by atoms with van der Waals surface area (Å²) in [5.74, 6) is -0.505. The van der Waals surface area contributed by atoms with Gasteiger partial charge in [0.15, 0.2) is 0 Å². The molecule has 2 heterocycles. The molecule has 5 nitrogen and oxygen atoms in total. The van der Waals surface area contributed by atoms with Crippen molar-refractivity contribution < 1.29 is 9.59 Å². The van der Waals surface area contributed by atoms with Gasteiger partial charge in [-0.05, 0) is 37.1 Å². The van der Waals surface area contributed by atoms with Gasteiger partial charge in [0.25, 0.3) is 5.91 Å². The number of rotatable bonds is 5. The number of carbonyl (C=O) groups is 2. The van der Waals surface area contributed by atoms with Crippen molar-refractivity contribution in [3.05, 3.63) is 57.9 Å². The SMILES string of the molecule is CCc1sc(C(=O)NCC(=O)Nc2cccc3cccnc23)cc1C. The van der Waals surface area contributed by atoms with E-state index < -0.39 is 0 Å². The Labute approximate surface area is 150 Å². The summed E-state index contributed by atoms with van der Waals surface area (Å²) in [4.78, 5) is 30.5. The highest BCUT2D eigenvalue weighted by Gasteiger charge is 2.13. The van der Waals surface area contributed by atoms with Gasteiger partial charge in [0.05, 0.1) is 22.6 Å². The molecule has 0 fully saturated rings. The summed E-state index contributed by atoms with van der Waals surface area (Å²) in [7, 11) is 0. The molecule has 25 heavy (non-hydrogen) atoms. The van der Waals surface area contributed by atoms with Gasteiger partial charge in [0, 0.05) is 16.5 Å². The second-order valence-corrected chi connectivity index (χ2v) is 6.82. The number of nitrogens with zero attached hydrogens (tertiary/aromatic N) is 1. The summed E-state index contributed by atoms with van der Waals surface area (Å²) in [6.07, 6.45) is 2.59. The van der Waals surface area contributed by atoms with Crippen molar-refractivity contribution in [1.82, 2.24) is 10.3 Å². The molecule has 0 unspecified atom stereocenters. The van der Waals surface area contributed by atoms with E-state index in [-0.39, 0.29) is 18.4 Å². The Morgan fingerprint density at radius 3 is 2.76 bits per heavy atom. The van der Waals surface area contributed by atoms with E-state index in [4.69, 9.17) is 0 Å². The topological polar surface area (TPSA) is 71.1 Å². The van der Waals surface area contributed by atoms with Crippen LogP contribution in [-0.4, -0.2) is 23.3 Å². The number of hydrogen-bond acceptors (Lipinski definition) is 4. The van der Waals surface area contributed by atoms with Crippen LogP contribution in [0.1, 0.15) is 27.0 Å². The predicted octanol–water partition coefficient (Wildman–Crippen LogP) is 3.54. The van der Waals surface area contributed by atoms with E-state index in [0.717, 1.165) is 22.9 Å². The summed E-state index contributed by atoms with van der Waals surface area (Å²) in [6, 6.07) is 11.2. The Hall–Kier alpha value is -2.73. The molecule has 0 aliphatic heterocycles. The lowest BCUT2D eigenvalue weighted by molar-refractivity contribution is -0.115. The second-order valence-electron chi connectivity index (χ2n) is 5.68. The minimum Gasteiger partial charge on any atom is -0.342 e. The number of nitrogens with one attached hydrogen (secondary N) is 2. The van der Waals surface area contributed by atoms with Gasteiger partial charge in [-0.25, -0.2) is 0 Å². The van der Waals surface area contributed by atoms with E-state index in [1.807, 2.05) is 37.3 Å². The largest absolute Gasteiger partial charge is 0.342 e. The number of fused-ring (bicyclic) bond motifs is 1. The van der Waals surface area contributed by atoms with E-state index in [1.165, 1.54) is 16.2 Å². The Bertz CT molecular complexity index is 928. The molecule has 0 aliphatic rings. The van der Waals surface area contributed by atoms with E-state index >= 15 is 0 Å². The fourth-order valence-corrected chi connectivity index (χ4v) is 3.66. The Morgan fingerprint density at radius 2 is 2.00 bits per heavy atom. The van der Waals surface area contributed by atoms with Gasteiger partial charge in [-0.1, -0.05) is 25.1 Å². The molecule has 3 aromatic rings. The molecule has 128 valence electrons. The lowest BCUT2D eigenvalue weighted by Gasteiger charge is -2.08. The first-order valence-corrected chi connectivity index (χ1v) is 8.91. The summed E-state index contributed by atoms with van der Waals surface area (Å²) < 4.78 is 0. The Kier molecular flexibility index (Phi) is 5.09. The zero-order valence-corrected chi connectivity index (χ0v) is 14.9. The number of amides is 2. The molecule has 0 bridgehead atoms. The van der Waals surface area contributed by atoms with Crippen LogP contribution in [0.3, 0.4) is 0 Å². The molecule has 0 radical (unpaired) electrons. The lowest BCUT2D eigenvalue weighted by Crippen LogP contribution is -2.32. The van der Waals surface area contributed by atoms with Crippen molar-refractivity contribution in [1.29, 1.82) is 0 Å². The zero-order chi connectivity index (χ0) is 17.8. The number of aryl methyl sites for hydroxylation is 2. The van der Waals surface area contributed by atoms with Crippen LogP contribution in [0.15, 0.2) is 42.6 Å². The third-order valence-corrected chi connectivity index (χ3v) is 5.26. The lowest BCUT2D eigenvalue weighted by atomic mass is 10.2. The van der Waals surface area contributed by atoms with Crippen molar-refractivity contribution in [2.45, 2.75) is 20.3 Å². The number of pyridine rings is 1. The van der Waals surface area contributed by atoms with Crippen LogP contribution in [0.4, 0.5) is 5.69 Å².